The molecule has 2 rings (SSSR count). The molecular formula is C17H19IN2O6. The zero-order valence-corrected chi connectivity index (χ0v) is 16.7. The van der Waals surface area contributed by atoms with E-state index in [4.69, 9.17) is 14.6 Å². The molecule has 26 heavy (non-hydrogen) atoms. The molecule has 8 nitrogen and oxygen atoms in total. The first-order valence-electron chi connectivity index (χ1n) is 7.87. The van der Waals surface area contributed by atoms with Gasteiger partial charge in [0.1, 0.15) is 12.2 Å². The lowest BCUT2D eigenvalue weighted by molar-refractivity contribution is -0.140. The van der Waals surface area contributed by atoms with Gasteiger partial charge in [-0.25, -0.2) is 9.69 Å². The fraction of sp³-hybridized carbons (Fsp3) is 0.353. The van der Waals surface area contributed by atoms with Gasteiger partial charge in [0.2, 0.25) is 0 Å². The van der Waals surface area contributed by atoms with Crippen LogP contribution in [-0.2, 0) is 9.59 Å². The van der Waals surface area contributed by atoms with Gasteiger partial charge in [-0.3, -0.25) is 9.59 Å². The number of amides is 3. The number of nitrogens with zero attached hydrogens (tertiary/aromatic N) is 1. The molecule has 0 bridgehead atoms. The van der Waals surface area contributed by atoms with Crippen LogP contribution in [0.4, 0.5) is 4.79 Å². The van der Waals surface area contributed by atoms with Crippen LogP contribution in [0.15, 0.2) is 17.8 Å². The van der Waals surface area contributed by atoms with E-state index in [1.54, 1.807) is 12.1 Å². The third-order valence-corrected chi connectivity index (χ3v) is 4.51. The van der Waals surface area contributed by atoms with Gasteiger partial charge in [-0.15, -0.1) is 0 Å². The number of benzene rings is 1. The van der Waals surface area contributed by atoms with E-state index in [9.17, 15) is 14.4 Å². The quantitative estimate of drug-likeness (QED) is 0.358. The van der Waals surface area contributed by atoms with Crippen molar-refractivity contribution in [2.45, 2.75) is 26.4 Å². The maximum absolute atomic E-state index is 12.2. The Bertz CT molecular complexity index is 777. The van der Waals surface area contributed by atoms with Crippen LogP contribution in [0.1, 0.15) is 25.8 Å². The minimum absolute atomic E-state index is 0.00435. The smallest absolute Gasteiger partial charge is 0.329 e. The van der Waals surface area contributed by atoms with Crippen molar-refractivity contribution in [1.82, 2.24) is 10.2 Å². The van der Waals surface area contributed by atoms with Crippen LogP contribution < -0.4 is 14.8 Å². The summed E-state index contributed by atoms with van der Waals surface area (Å²) < 4.78 is 12.0. The lowest BCUT2D eigenvalue weighted by atomic mass is 10.1. The fourth-order valence-corrected chi connectivity index (χ4v) is 2.99. The molecule has 3 amide bonds. The summed E-state index contributed by atoms with van der Waals surface area (Å²) >= 11 is 2.11. The van der Waals surface area contributed by atoms with Gasteiger partial charge in [0, 0.05) is 0 Å². The summed E-state index contributed by atoms with van der Waals surface area (Å²) in [6.45, 7) is 3.28. The Balaban J connectivity index is 2.33. The van der Waals surface area contributed by atoms with Gasteiger partial charge in [-0.2, -0.15) is 0 Å². The number of nitrogens with one attached hydrogen (secondary N) is 1. The van der Waals surface area contributed by atoms with Gasteiger partial charge in [-0.05, 0) is 59.7 Å². The first-order valence-corrected chi connectivity index (χ1v) is 8.95. The second-order valence-corrected chi connectivity index (χ2v) is 6.81. The average Bonchev–Trinajstić information content (AvgIpc) is 2.83. The summed E-state index contributed by atoms with van der Waals surface area (Å²) in [4.78, 5) is 35.4. The lowest BCUT2D eigenvalue weighted by Gasteiger charge is -2.17. The van der Waals surface area contributed by atoms with E-state index in [2.05, 4.69) is 27.9 Å². The van der Waals surface area contributed by atoms with E-state index in [0.29, 0.717) is 22.0 Å². The Kier molecular flexibility index (Phi) is 6.46. The number of ether oxygens (including phenoxy) is 2. The summed E-state index contributed by atoms with van der Waals surface area (Å²) in [5.41, 5.74) is 0.619. The number of halogens is 1. The highest BCUT2D eigenvalue weighted by atomic mass is 127. The van der Waals surface area contributed by atoms with Crippen LogP contribution in [0.2, 0.25) is 0 Å². The number of aliphatic carboxylic acids is 1. The number of rotatable bonds is 7. The van der Waals surface area contributed by atoms with Crippen LogP contribution in [0.25, 0.3) is 6.08 Å². The second kappa shape index (κ2) is 8.39. The summed E-state index contributed by atoms with van der Waals surface area (Å²) in [5, 5.41) is 11.2. The molecule has 0 spiro atoms. The number of imide groups is 1. The standard InChI is InChI=1S/C17H19IN2O6/c1-4-9(2)26-15-11(18)5-10(7-13(15)25-3)6-12-16(23)20(8-14(21)22)17(24)19-12/h5-7,9H,4,8H2,1-3H3,(H,19,24)(H,21,22)/b12-6+/t9-/m1/s1. The molecule has 1 aliphatic rings. The van der Waals surface area contributed by atoms with Crippen molar-refractivity contribution in [3.05, 3.63) is 27.0 Å². The first kappa shape index (κ1) is 20.0. The highest BCUT2D eigenvalue weighted by Crippen LogP contribution is 2.35. The van der Waals surface area contributed by atoms with Crippen LogP contribution >= 0.6 is 22.6 Å². The molecule has 1 aliphatic heterocycles. The van der Waals surface area contributed by atoms with Crippen LogP contribution in [0, 0.1) is 3.57 Å². The maximum Gasteiger partial charge on any atom is 0.329 e. The number of carboxylic acid groups (broad SMARTS) is 1. The third-order valence-electron chi connectivity index (χ3n) is 3.71. The van der Waals surface area contributed by atoms with E-state index in [-0.39, 0.29) is 11.8 Å². The largest absolute Gasteiger partial charge is 0.493 e. The first-order chi connectivity index (χ1) is 12.3. The molecule has 1 aromatic carbocycles. The van der Waals surface area contributed by atoms with Gasteiger partial charge >= 0.3 is 12.0 Å². The molecule has 0 radical (unpaired) electrons. The molecule has 0 saturated carbocycles. The molecule has 1 saturated heterocycles. The zero-order chi connectivity index (χ0) is 19.4. The van der Waals surface area contributed by atoms with Gasteiger partial charge in [0.25, 0.3) is 5.91 Å². The third kappa shape index (κ3) is 4.45. The molecule has 1 heterocycles. The van der Waals surface area contributed by atoms with Gasteiger partial charge in [-0.1, -0.05) is 6.92 Å². The predicted molar refractivity (Wildman–Crippen MR) is 102 cm³/mol. The summed E-state index contributed by atoms with van der Waals surface area (Å²) in [6, 6.07) is 2.71. The minimum atomic E-state index is -1.27. The number of urea groups is 1. The molecule has 0 unspecified atom stereocenters. The van der Waals surface area contributed by atoms with Crippen LogP contribution in [-0.4, -0.2) is 47.7 Å². The molecule has 0 aromatic heterocycles. The summed E-state index contributed by atoms with van der Waals surface area (Å²) in [5.74, 6) is -0.842. The van der Waals surface area contributed by atoms with Gasteiger partial charge < -0.3 is 19.9 Å². The molecule has 1 atom stereocenters. The molecule has 2 N–H and O–H groups in total. The summed E-state index contributed by atoms with van der Waals surface area (Å²) in [6.07, 6.45) is 2.33. The SMILES string of the molecule is CC[C@@H](C)Oc1c(I)cc(/C=C2/NC(=O)N(CC(=O)O)C2=O)cc1OC. The number of carboxylic acids is 1. The Morgan fingerprint density at radius 1 is 1.42 bits per heavy atom. The van der Waals surface area contributed by atoms with Crippen molar-refractivity contribution in [1.29, 1.82) is 0 Å². The topological polar surface area (TPSA) is 105 Å². The predicted octanol–water partition coefficient (Wildman–Crippen LogP) is 2.45. The molecular weight excluding hydrogens is 455 g/mol. The molecule has 1 aromatic rings. The normalized spacial score (nSPS) is 16.6. The highest BCUT2D eigenvalue weighted by Gasteiger charge is 2.34. The van der Waals surface area contributed by atoms with E-state index < -0.39 is 24.5 Å². The Labute approximate surface area is 164 Å². The molecule has 0 aliphatic carbocycles. The van der Waals surface area contributed by atoms with Gasteiger partial charge in [0.15, 0.2) is 11.5 Å². The lowest BCUT2D eigenvalue weighted by Crippen LogP contribution is -2.35. The highest BCUT2D eigenvalue weighted by molar-refractivity contribution is 14.1. The fourth-order valence-electron chi connectivity index (χ4n) is 2.24. The monoisotopic (exact) mass is 474 g/mol. The maximum atomic E-state index is 12.2. The Morgan fingerprint density at radius 2 is 2.12 bits per heavy atom. The average molecular weight is 474 g/mol. The van der Waals surface area contributed by atoms with Crippen LogP contribution in [0.5, 0.6) is 11.5 Å². The van der Waals surface area contributed by atoms with E-state index in [1.165, 1.54) is 13.2 Å². The van der Waals surface area contributed by atoms with Crippen molar-refractivity contribution in [3.63, 3.8) is 0 Å². The van der Waals surface area contributed by atoms with Crippen molar-refractivity contribution in [2.75, 3.05) is 13.7 Å². The Hall–Kier alpha value is -2.30. The number of carbonyl (C=O) groups excluding carboxylic acids is 2. The molecule has 1 fully saturated rings. The Morgan fingerprint density at radius 3 is 2.69 bits per heavy atom. The van der Waals surface area contributed by atoms with Gasteiger partial charge in [0.05, 0.1) is 16.8 Å². The molecule has 9 heteroatoms. The van der Waals surface area contributed by atoms with E-state index >= 15 is 0 Å². The second-order valence-electron chi connectivity index (χ2n) is 5.64. The van der Waals surface area contributed by atoms with Crippen molar-refractivity contribution < 1.29 is 29.0 Å². The zero-order valence-electron chi connectivity index (χ0n) is 14.5. The number of carbonyl (C=O) groups is 3. The molecule has 140 valence electrons. The van der Waals surface area contributed by atoms with Crippen molar-refractivity contribution >= 4 is 46.6 Å². The van der Waals surface area contributed by atoms with Crippen molar-refractivity contribution in [2.24, 2.45) is 0 Å². The summed E-state index contributed by atoms with van der Waals surface area (Å²) in [7, 11) is 1.52. The minimum Gasteiger partial charge on any atom is -0.493 e. The van der Waals surface area contributed by atoms with Crippen LogP contribution in [0.3, 0.4) is 0 Å². The van der Waals surface area contributed by atoms with Crippen molar-refractivity contribution in [3.8, 4) is 11.5 Å². The van der Waals surface area contributed by atoms with E-state index in [1.807, 2.05) is 13.8 Å². The van der Waals surface area contributed by atoms with E-state index in [0.717, 1.165) is 9.99 Å². The number of hydrogen-bond donors (Lipinski definition) is 2. The number of methoxy groups -OCH3 is 1. The number of hydrogen-bond acceptors (Lipinski definition) is 5.